The number of benzene rings is 1. The van der Waals surface area contributed by atoms with E-state index in [9.17, 15) is 0 Å². The summed E-state index contributed by atoms with van der Waals surface area (Å²) in [7, 11) is 0. The smallest absolute Gasteiger partial charge is 0.135 e. The van der Waals surface area contributed by atoms with Gasteiger partial charge in [-0.1, -0.05) is 27.5 Å². The lowest BCUT2D eigenvalue weighted by atomic mass is 10.2. The van der Waals surface area contributed by atoms with Crippen LogP contribution < -0.4 is 5.73 Å². The van der Waals surface area contributed by atoms with E-state index < -0.39 is 0 Å². The third-order valence-electron chi connectivity index (χ3n) is 2.42. The van der Waals surface area contributed by atoms with Gasteiger partial charge in [0.05, 0.1) is 15.8 Å². The second-order valence-corrected chi connectivity index (χ2v) is 6.05. The normalized spacial score (nSPS) is 10.8. The quantitative estimate of drug-likeness (QED) is 0.742. The number of aryl methyl sites for hydroxylation is 1. The molecule has 2 rings (SSSR count). The van der Waals surface area contributed by atoms with Crippen LogP contribution in [0.25, 0.3) is 0 Å². The van der Waals surface area contributed by atoms with Gasteiger partial charge in [-0.2, -0.15) is 5.10 Å². The summed E-state index contributed by atoms with van der Waals surface area (Å²) >= 11 is 11.7. The zero-order valence-corrected chi connectivity index (χ0v) is 13.5. The van der Waals surface area contributed by atoms with Crippen molar-refractivity contribution >= 4 is 55.9 Å². The molecule has 0 saturated carbocycles. The van der Waals surface area contributed by atoms with Gasteiger partial charge in [-0.15, -0.1) is 0 Å². The minimum absolute atomic E-state index is 0.608. The van der Waals surface area contributed by atoms with Crippen LogP contribution in [0.2, 0.25) is 5.02 Å². The van der Waals surface area contributed by atoms with E-state index in [4.69, 9.17) is 17.3 Å². The number of anilines is 1. The van der Waals surface area contributed by atoms with E-state index in [0.29, 0.717) is 17.4 Å². The molecule has 2 N–H and O–H groups in total. The van der Waals surface area contributed by atoms with E-state index in [-0.39, 0.29) is 0 Å². The van der Waals surface area contributed by atoms with Crippen LogP contribution in [0.15, 0.2) is 22.7 Å². The Kier molecular flexibility index (Phi) is 3.99. The summed E-state index contributed by atoms with van der Waals surface area (Å²) < 4.78 is 3.79. The van der Waals surface area contributed by atoms with Crippen LogP contribution in [0.1, 0.15) is 11.3 Å². The van der Waals surface area contributed by atoms with Gasteiger partial charge in [0.2, 0.25) is 0 Å². The number of nitrogen functional groups attached to an aromatic ring is 1. The maximum atomic E-state index is 5.98. The molecule has 0 bridgehead atoms. The zero-order chi connectivity index (χ0) is 12.6. The second kappa shape index (κ2) is 5.16. The molecule has 3 nitrogen and oxygen atoms in total. The molecule has 0 atom stereocenters. The van der Waals surface area contributed by atoms with E-state index in [0.717, 1.165) is 19.3 Å². The Bertz CT molecular complexity index is 568. The lowest BCUT2D eigenvalue weighted by Crippen LogP contribution is -2.06. The molecule has 1 aromatic heterocycles. The monoisotopic (exact) mass is 425 g/mol. The first-order valence-corrected chi connectivity index (χ1v) is 7.16. The fourth-order valence-electron chi connectivity index (χ4n) is 1.52. The van der Waals surface area contributed by atoms with Gasteiger partial charge in [-0.3, -0.25) is 0 Å². The van der Waals surface area contributed by atoms with Crippen molar-refractivity contribution < 1.29 is 0 Å². The number of halogens is 3. The molecular formula is C11H10BrClIN3. The van der Waals surface area contributed by atoms with Gasteiger partial charge >= 0.3 is 0 Å². The van der Waals surface area contributed by atoms with Crippen LogP contribution in [0, 0.1) is 10.5 Å². The number of nitrogens with two attached hydrogens (primary N) is 1. The standard InChI is InChI=1S/C11H10BrClIN3/c1-6-10(14)11(15)17(16-6)5-7-4-8(13)2-3-9(7)12/h2-4H,5,15H2,1H3. The van der Waals surface area contributed by atoms with Gasteiger partial charge < -0.3 is 5.73 Å². The molecule has 0 aliphatic carbocycles. The molecule has 0 aliphatic heterocycles. The number of nitrogens with zero attached hydrogens (tertiary/aromatic N) is 2. The maximum Gasteiger partial charge on any atom is 0.135 e. The highest BCUT2D eigenvalue weighted by atomic mass is 127. The molecule has 1 aromatic carbocycles. The molecule has 0 aliphatic rings. The van der Waals surface area contributed by atoms with E-state index in [2.05, 4.69) is 43.6 Å². The van der Waals surface area contributed by atoms with Gasteiger partial charge in [0.25, 0.3) is 0 Å². The number of hydrogen-bond donors (Lipinski definition) is 1. The lowest BCUT2D eigenvalue weighted by molar-refractivity contribution is 0.687. The maximum absolute atomic E-state index is 5.98. The minimum atomic E-state index is 0.608. The lowest BCUT2D eigenvalue weighted by Gasteiger charge is -2.07. The van der Waals surface area contributed by atoms with Crippen LogP contribution in [0.4, 0.5) is 5.82 Å². The van der Waals surface area contributed by atoms with E-state index >= 15 is 0 Å². The molecule has 0 spiro atoms. The first-order chi connectivity index (χ1) is 7.99. The fourth-order valence-corrected chi connectivity index (χ4v) is 2.48. The number of aromatic nitrogens is 2. The Morgan fingerprint density at radius 2 is 2.24 bits per heavy atom. The van der Waals surface area contributed by atoms with Crippen molar-refractivity contribution in [3.63, 3.8) is 0 Å². The van der Waals surface area contributed by atoms with Crippen molar-refractivity contribution in [1.82, 2.24) is 9.78 Å². The summed E-state index contributed by atoms with van der Waals surface area (Å²) in [5, 5.41) is 5.10. The van der Waals surface area contributed by atoms with E-state index in [1.807, 2.05) is 25.1 Å². The summed E-state index contributed by atoms with van der Waals surface area (Å²) in [5.74, 6) is 0.690. The number of hydrogen-bond acceptors (Lipinski definition) is 2. The van der Waals surface area contributed by atoms with Crippen LogP contribution in [0.3, 0.4) is 0 Å². The Morgan fingerprint density at radius 3 is 2.82 bits per heavy atom. The van der Waals surface area contributed by atoms with Crippen LogP contribution in [-0.4, -0.2) is 9.78 Å². The Morgan fingerprint density at radius 1 is 1.53 bits per heavy atom. The van der Waals surface area contributed by atoms with Gasteiger partial charge in [0, 0.05) is 9.50 Å². The third-order valence-corrected chi connectivity index (χ3v) is 4.76. The molecule has 0 amide bonds. The minimum Gasteiger partial charge on any atom is -0.383 e. The van der Waals surface area contributed by atoms with Crippen LogP contribution in [-0.2, 0) is 6.54 Å². The Hall–Kier alpha value is -0.270. The fraction of sp³-hybridized carbons (Fsp3) is 0.182. The SMILES string of the molecule is Cc1nn(Cc2cc(Cl)ccc2Br)c(N)c1I. The average molecular weight is 426 g/mol. The second-order valence-electron chi connectivity index (χ2n) is 3.68. The highest BCUT2D eigenvalue weighted by Crippen LogP contribution is 2.24. The molecule has 17 heavy (non-hydrogen) atoms. The van der Waals surface area contributed by atoms with Gasteiger partial charge in [0.15, 0.2) is 0 Å². The van der Waals surface area contributed by atoms with Crippen molar-refractivity contribution in [2.24, 2.45) is 0 Å². The number of rotatable bonds is 2. The molecular weight excluding hydrogens is 416 g/mol. The Balaban J connectivity index is 2.37. The summed E-state index contributed by atoms with van der Waals surface area (Å²) in [6.07, 6.45) is 0. The molecule has 0 radical (unpaired) electrons. The first-order valence-electron chi connectivity index (χ1n) is 4.91. The van der Waals surface area contributed by atoms with Gasteiger partial charge in [-0.05, 0) is 53.3 Å². The largest absolute Gasteiger partial charge is 0.383 e. The highest BCUT2D eigenvalue weighted by molar-refractivity contribution is 14.1. The first kappa shape index (κ1) is 13.2. The predicted molar refractivity (Wildman–Crippen MR) is 82.3 cm³/mol. The zero-order valence-electron chi connectivity index (χ0n) is 9.04. The van der Waals surface area contributed by atoms with Gasteiger partial charge in [0.1, 0.15) is 5.82 Å². The molecule has 0 fully saturated rings. The van der Waals surface area contributed by atoms with Crippen molar-refractivity contribution in [3.8, 4) is 0 Å². The van der Waals surface area contributed by atoms with Crippen molar-refractivity contribution in [2.75, 3.05) is 5.73 Å². The van der Waals surface area contributed by atoms with Crippen molar-refractivity contribution in [2.45, 2.75) is 13.5 Å². The van der Waals surface area contributed by atoms with Crippen LogP contribution >= 0.6 is 50.1 Å². The third kappa shape index (κ3) is 2.77. The predicted octanol–water partition coefficient (Wildman–Crippen LogP) is 3.84. The van der Waals surface area contributed by atoms with Gasteiger partial charge in [-0.25, -0.2) is 4.68 Å². The van der Waals surface area contributed by atoms with E-state index in [1.54, 1.807) is 4.68 Å². The highest BCUT2D eigenvalue weighted by Gasteiger charge is 2.11. The van der Waals surface area contributed by atoms with Crippen LogP contribution in [0.5, 0.6) is 0 Å². The topological polar surface area (TPSA) is 43.8 Å². The molecule has 0 saturated heterocycles. The summed E-state index contributed by atoms with van der Waals surface area (Å²) in [5.41, 5.74) is 7.99. The summed E-state index contributed by atoms with van der Waals surface area (Å²) in [6, 6.07) is 5.68. The summed E-state index contributed by atoms with van der Waals surface area (Å²) in [4.78, 5) is 0. The molecule has 2 aromatic rings. The van der Waals surface area contributed by atoms with Crippen molar-refractivity contribution in [3.05, 3.63) is 42.5 Å². The van der Waals surface area contributed by atoms with Crippen molar-refractivity contribution in [1.29, 1.82) is 0 Å². The molecule has 90 valence electrons. The summed E-state index contributed by atoms with van der Waals surface area (Å²) in [6.45, 7) is 2.55. The Labute approximate surface area is 127 Å². The van der Waals surface area contributed by atoms with E-state index in [1.165, 1.54) is 0 Å². The average Bonchev–Trinajstić information content (AvgIpc) is 2.52. The molecule has 0 unspecified atom stereocenters. The molecule has 1 heterocycles. The molecule has 6 heteroatoms.